The van der Waals surface area contributed by atoms with Crippen molar-refractivity contribution in [2.24, 2.45) is 0 Å². The van der Waals surface area contributed by atoms with Gasteiger partial charge in [-0.05, 0) is 69.9 Å². The summed E-state index contributed by atoms with van der Waals surface area (Å²) in [6, 6.07) is 3.57. The van der Waals surface area contributed by atoms with Gasteiger partial charge in [0.05, 0.1) is 21.9 Å². The molecule has 2 aliphatic rings. The molecule has 0 bridgehead atoms. The van der Waals surface area contributed by atoms with Crippen LogP contribution in [0.1, 0.15) is 66.0 Å². The van der Waals surface area contributed by atoms with E-state index in [9.17, 15) is 18.0 Å². The number of rotatable bonds is 6. The first-order valence-corrected chi connectivity index (χ1v) is 12.2. The van der Waals surface area contributed by atoms with Gasteiger partial charge < -0.3 is 15.1 Å². The van der Waals surface area contributed by atoms with Gasteiger partial charge in [0.25, 0.3) is 5.91 Å². The molecule has 4 rings (SSSR count). The van der Waals surface area contributed by atoms with Crippen molar-refractivity contribution in [3.63, 3.8) is 0 Å². The number of carbonyl (C=O) groups excluding carboxylic acids is 1. The van der Waals surface area contributed by atoms with Crippen LogP contribution in [-0.2, 0) is 6.18 Å². The Labute approximate surface area is 190 Å². The molecule has 1 aromatic carbocycles. The Bertz CT molecular complexity index is 932. The van der Waals surface area contributed by atoms with E-state index in [-0.39, 0.29) is 11.4 Å². The Morgan fingerprint density at radius 2 is 1.91 bits per heavy atom. The molecule has 2 aromatic rings. The summed E-state index contributed by atoms with van der Waals surface area (Å²) < 4.78 is 39.8. The molecular formula is C23H29F3N4OS. The van der Waals surface area contributed by atoms with Crippen molar-refractivity contribution in [2.45, 2.75) is 51.1 Å². The third-order valence-corrected chi connectivity index (χ3v) is 7.26. The number of amides is 1. The van der Waals surface area contributed by atoms with Crippen LogP contribution >= 0.6 is 11.3 Å². The lowest BCUT2D eigenvalue weighted by molar-refractivity contribution is -0.137. The predicted octanol–water partition coefficient (Wildman–Crippen LogP) is 5.60. The van der Waals surface area contributed by atoms with Gasteiger partial charge in [-0.3, -0.25) is 4.79 Å². The number of nitrogens with zero attached hydrogens (tertiary/aromatic N) is 3. The molecule has 9 heteroatoms. The highest BCUT2D eigenvalue weighted by molar-refractivity contribution is 7.10. The number of aromatic nitrogens is 1. The second kappa shape index (κ2) is 9.79. The first-order chi connectivity index (χ1) is 15.3. The number of alkyl halides is 3. The summed E-state index contributed by atoms with van der Waals surface area (Å²) in [7, 11) is 0. The number of anilines is 2. The maximum atomic E-state index is 13.3. The molecule has 0 unspecified atom stereocenters. The third kappa shape index (κ3) is 5.26. The number of nitrogens with one attached hydrogen (secondary N) is 1. The van der Waals surface area contributed by atoms with Crippen LogP contribution in [0.15, 0.2) is 23.6 Å². The lowest BCUT2D eigenvalue weighted by atomic mass is 9.97. The van der Waals surface area contributed by atoms with E-state index in [0.717, 1.165) is 82.0 Å². The van der Waals surface area contributed by atoms with Crippen LogP contribution in [0.25, 0.3) is 0 Å². The van der Waals surface area contributed by atoms with Crippen molar-refractivity contribution < 1.29 is 18.0 Å². The maximum absolute atomic E-state index is 13.3. The van der Waals surface area contributed by atoms with Crippen molar-refractivity contribution in [1.82, 2.24) is 9.88 Å². The molecule has 174 valence electrons. The molecule has 32 heavy (non-hydrogen) atoms. The molecule has 2 fully saturated rings. The van der Waals surface area contributed by atoms with Gasteiger partial charge in [0, 0.05) is 24.4 Å². The molecule has 0 aliphatic carbocycles. The van der Waals surface area contributed by atoms with Gasteiger partial charge in [0.15, 0.2) is 0 Å². The van der Waals surface area contributed by atoms with Gasteiger partial charge in [-0.15, -0.1) is 11.3 Å². The zero-order valence-corrected chi connectivity index (χ0v) is 19.1. The van der Waals surface area contributed by atoms with E-state index in [2.05, 4.69) is 22.1 Å². The van der Waals surface area contributed by atoms with Gasteiger partial charge in [-0.2, -0.15) is 13.2 Å². The van der Waals surface area contributed by atoms with E-state index >= 15 is 0 Å². The third-order valence-electron chi connectivity index (χ3n) is 6.25. The highest BCUT2D eigenvalue weighted by Crippen LogP contribution is 2.37. The molecule has 3 heterocycles. The Morgan fingerprint density at radius 1 is 1.19 bits per heavy atom. The smallest absolute Gasteiger partial charge is 0.370 e. The number of thiazole rings is 1. The monoisotopic (exact) mass is 466 g/mol. The summed E-state index contributed by atoms with van der Waals surface area (Å²) in [5.41, 5.74) is 0.316. The Kier molecular flexibility index (Phi) is 7.05. The summed E-state index contributed by atoms with van der Waals surface area (Å²) in [5, 5.41) is 5.37. The number of hydrogen-bond donors (Lipinski definition) is 1. The lowest BCUT2D eigenvalue weighted by Crippen LogP contribution is -2.33. The molecule has 5 nitrogen and oxygen atoms in total. The minimum absolute atomic E-state index is 0.189. The van der Waals surface area contributed by atoms with Gasteiger partial charge in [0.1, 0.15) is 5.69 Å². The Balaban J connectivity index is 1.49. The van der Waals surface area contributed by atoms with Crippen molar-refractivity contribution in [3.05, 3.63) is 39.8 Å². The molecule has 1 N–H and O–H groups in total. The van der Waals surface area contributed by atoms with Crippen LogP contribution in [0.4, 0.5) is 24.5 Å². The molecule has 2 saturated heterocycles. The molecule has 1 amide bonds. The number of benzene rings is 1. The van der Waals surface area contributed by atoms with Crippen LogP contribution in [0.3, 0.4) is 0 Å². The standard InChI is InChI=1S/C23H29F3N4OS/c1-2-9-29-12-7-16(8-13-29)22-28-19(15-32-22)21(31)27-18-14-17(23(24,25)26)5-6-20(18)30-10-3-4-11-30/h5-6,14-16H,2-4,7-13H2,1H3,(H,27,31). The second-order valence-corrected chi connectivity index (χ2v) is 9.45. The zero-order valence-electron chi connectivity index (χ0n) is 18.2. The first-order valence-electron chi connectivity index (χ1n) is 11.3. The predicted molar refractivity (Wildman–Crippen MR) is 122 cm³/mol. The van der Waals surface area contributed by atoms with E-state index < -0.39 is 17.6 Å². The van der Waals surface area contributed by atoms with Crippen LogP contribution < -0.4 is 10.2 Å². The van der Waals surface area contributed by atoms with Gasteiger partial charge in [0.2, 0.25) is 0 Å². The Hall–Kier alpha value is -2.13. The zero-order chi connectivity index (χ0) is 22.7. The van der Waals surface area contributed by atoms with E-state index in [1.807, 2.05) is 4.90 Å². The van der Waals surface area contributed by atoms with Gasteiger partial charge >= 0.3 is 6.18 Å². The van der Waals surface area contributed by atoms with Crippen LogP contribution in [0.2, 0.25) is 0 Å². The van der Waals surface area contributed by atoms with E-state index in [1.165, 1.54) is 17.4 Å². The fourth-order valence-electron chi connectivity index (χ4n) is 4.53. The van der Waals surface area contributed by atoms with E-state index in [4.69, 9.17) is 0 Å². The number of carbonyl (C=O) groups is 1. The largest absolute Gasteiger partial charge is 0.416 e. The lowest BCUT2D eigenvalue weighted by Gasteiger charge is -2.30. The van der Waals surface area contributed by atoms with Crippen LogP contribution in [-0.4, -0.2) is 48.5 Å². The molecule has 0 radical (unpaired) electrons. The SMILES string of the molecule is CCCN1CCC(c2nc(C(=O)Nc3cc(C(F)(F)F)ccc3N3CCCC3)cs2)CC1. The van der Waals surface area contributed by atoms with Crippen LogP contribution in [0.5, 0.6) is 0 Å². The van der Waals surface area contributed by atoms with Crippen molar-refractivity contribution >= 4 is 28.6 Å². The minimum atomic E-state index is -4.47. The first kappa shape index (κ1) is 23.0. The molecule has 0 atom stereocenters. The summed E-state index contributed by atoms with van der Waals surface area (Å²) in [6.45, 7) is 6.88. The summed E-state index contributed by atoms with van der Waals surface area (Å²) >= 11 is 1.47. The summed E-state index contributed by atoms with van der Waals surface area (Å²) in [5.74, 6) is -0.126. The summed E-state index contributed by atoms with van der Waals surface area (Å²) in [4.78, 5) is 21.9. The van der Waals surface area contributed by atoms with Crippen molar-refractivity contribution in [2.75, 3.05) is 42.9 Å². The minimum Gasteiger partial charge on any atom is -0.370 e. The number of hydrogen-bond acceptors (Lipinski definition) is 5. The average Bonchev–Trinajstić information content (AvgIpc) is 3.46. The highest BCUT2D eigenvalue weighted by Gasteiger charge is 2.32. The molecule has 2 aliphatic heterocycles. The highest BCUT2D eigenvalue weighted by atomic mass is 32.1. The van der Waals surface area contributed by atoms with Gasteiger partial charge in [-0.1, -0.05) is 6.92 Å². The fraction of sp³-hybridized carbons (Fsp3) is 0.565. The number of piperidine rings is 1. The number of likely N-dealkylation sites (tertiary alicyclic amines) is 1. The van der Waals surface area contributed by atoms with Crippen molar-refractivity contribution in [3.8, 4) is 0 Å². The molecule has 0 spiro atoms. The average molecular weight is 467 g/mol. The second-order valence-electron chi connectivity index (χ2n) is 8.56. The van der Waals surface area contributed by atoms with Crippen molar-refractivity contribution in [1.29, 1.82) is 0 Å². The number of halogens is 3. The topological polar surface area (TPSA) is 48.5 Å². The maximum Gasteiger partial charge on any atom is 0.416 e. The van der Waals surface area contributed by atoms with Gasteiger partial charge in [-0.25, -0.2) is 4.98 Å². The van der Waals surface area contributed by atoms with E-state index in [0.29, 0.717) is 11.6 Å². The quantitative estimate of drug-likeness (QED) is 0.602. The fourth-order valence-corrected chi connectivity index (χ4v) is 5.50. The molecule has 0 saturated carbocycles. The Morgan fingerprint density at radius 3 is 2.56 bits per heavy atom. The van der Waals surface area contributed by atoms with E-state index in [1.54, 1.807) is 5.38 Å². The summed E-state index contributed by atoms with van der Waals surface area (Å²) in [6.07, 6.45) is 0.676. The molecular weight excluding hydrogens is 437 g/mol. The molecule has 1 aromatic heterocycles. The normalized spacial score (nSPS) is 18.3. The van der Waals surface area contributed by atoms with Crippen LogP contribution in [0, 0.1) is 0 Å².